The lowest BCUT2D eigenvalue weighted by molar-refractivity contribution is 0.303. The van der Waals surface area contributed by atoms with E-state index in [9.17, 15) is 0 Å². The number of methoxy groups -OCH3 is 1. The monoisotopic (exact) mass is 435 g/mol. The number of hydrogen-bond acceptors (Lipinski definition) is 5. The summed E-state index contributed by atoms with van der Waals surface area (Å²) in [5.74, 6) is 2.16. The molecule has 0 aliphatic carbocycles. The zero-order valence-electron chi connectivity index (χ0n) is 19.4. The highest BCUT2D eigenvalue weighted by Gasteiger charge is 2.05. The van der Waals surface area contributed by atoms with Gasteiger partial charge in [-0.25, -0.2) is 9.97 Å². The minimum absolute atomic E-state index is 0.381. The fourth-order valence-corrected chi connectivity index (χ4v) is 4.02. The van der Waals surface area contributed by atoms with Crippen LogP contribution in [-0.4, -0.2) is 23.7 Å². The van der Waals surface area contributed by atoms with Crippen LogP contribution in [0.5, 0.6) is 11.5 Å². The first-order valence-corrected chi connectivity index (χ1v) is 12.0. The lowest BCUT2D eigenvalue weighted by atomic mass is 10.0. The zero-order valence-corrected chi connectivity index (χ0v) is 19.4. The van der Waals surface area contributed by atoms with Crippen molar-refractivity contribution in [2.45, 2.75) is 70.6 Å². The molecule has 3 aromatic rings. The van der Waals surface area contributed by atoms with E-state index in [-0.39, 0.29) is 0 Å². The van der Waals surface area contributed by atoms with Gasteiger partial charge < -0.3 is 15.2 Å². The van der Waals surface area contributed by atoms with Crippen molar-refractivity contribution in [3.8, 4) is 11.5 Å². The van der Waals surface area contributed by atoms with E-state index in [1.165, 1.54) is 51.4 Å². The number of hydrogen-bond donors (Lipinski definition) is 1. The first-order chi connectivity index (χ1) is 15.8. The van der Waals surface area contributed by atoms with Crippen LogP contribution in [0, 0.1) is 0 Å². The third-order valence-electron chi connectivity index (χ3n) is 5.84. The molecule has 0 aliphatic heterocycles. The highest BCUT2D eigenvalue weighted by Crippen LogP contribution is 2.20. The predicted octanol–water partition coefficient (Wildman–Crippen LogP) is 6.74. The number of benzene rings is 2. The van der Waals surface area contributed by atoms with Gasteiger partial charge in [0.1, 0.15) is 11.5 Å². The summed E-state index contributed by atoms with van der Waals surface area (Å²) in [6.45, 7) is 0.791. The Bertz CT molecular complexity index is 928. The predicted molar refractivity (Wildman–Crippen MR) is 132 cm³/mol. The van der Waals surface area contributed by atoms with Crippen molar-refractivity contribution < 1.29 is 9.47 Å². The lowest BCUT2D eigenvalue weighted by Gasteiger charge is -2.07. The summed E-state index contributed by atoms with van der Waals surface area (Å²) in [6, 6.07) is 15.9. The van der Waals surface area contributed by atoms with Crippen LogP contribution >= 0.6 is 0 Å². The average Bonchev–Trinajstić information content (AvgIpc) is 2.82. The van der Waals surface area contributed by atoms with Crippen LogP contribution < -0.4 is 15.2 Å². The van der Waals surface area contributed by atoms with Crippen LogP contribution in [-0.2, 0) is 6.42 Å². The van der Waals surface area contributed by atoms with Gasteiger partial charge in [-0.3, -0.25) is 0 Å². The number of anilines is 1. The number of nitrogens with two attached hydrogens (primary N) is 1. The Morgan fingerprint density at radius 1 is 0.688 bits per heavy atom. The molecule has 0 atom stereocenters. The molecule has 0 bridgehead atoms. The summed E-state index contributed by atoms with van der Waals surface area (Å²) in [5.41, 5.74) is 7.90. The van der Waals surface area contributed by atoms with E-state index < -0.39 is 0 Å². The van der Waals surface area contributed by atoms with Crippen molar-refractivity contribution in [3.05, 3.63) is 54.2 Å². The van der Waals surface area contributed by atoms with E-state index in [2.05, 4.69) is 16.0 Å². The fraction of sp³-hybridized carbons (Fsp3) is 0.481. The number of nitrogens with zero attached hydrogens (tertiary/aromatic N) is 2. The van der Waals surface area contributed by atoms with Crippen molar-refractivity contribution in [1.29, 1.82) is 0 Å². The molecule has 32 heavy (non-hydrogen) atoms. The first kappa shape index (κ1) is 23.8. The molecular weight excluding hydrogens is 398 g/mol. The van der Waals surface area contributed by atoms with Gasteiger partial charge in [0.15, 0.2) is 0 Å². The highest BCUT2D eigenvalue weighted by atomic mass is 16.5. The number of ether oxygens (including phenoxy) is 2. The van der Waals surface area contributed by atoms with Crippen LogP contribution in [0.1, 0.15) is 69.9 Å². The molecule has 1 heterocycles. The third-order valence-corrected chi connectivity index (χ3v) is 5.84. The summed E-state index contributed by atoms with van der Waals surface area (Å²) in [6.07, 6.45) is 13.7. The standard InChI is InChI=1S/C27H37N3O2/c1-31-22-17-19-23(20-18-22)32-21-13-9-7-5-3-2-4-6-8-10-15-25-24-14-11-12-16-26(24)30-27(28)29-25/h11-12,14,16-20H,2-10,13,15,21H2,1H3,(H2,28,29,30). The Morgan fingerprint density at radius 2 is 1.28 bits per heavy atom. The molecule has 0 amide bonds. The number of aromatic nitrogens is 2. The minimum atomic E-state index is 0.381. The van der Waals surface area contributed by atoms with Crippen LogP contribution in [0.15, 0.2) is 48.5 Å². The van der Waals surface area contributed by atoms with E-state index in [0.717, 1.165) is 54.0 Å². The molecule has 0 saturated heterocycles. The molecule has 2 N–H and O–H groups in total. The highest BCUT2D eigenvalue weighted by molar-refractivity contribution is 5.81. The molecule has 0 aliphatic rings. The molecule has 5 nitrogen and oxygen atoms in total. The quantitative estimate of drug-likeness (QED) is 0.268. The molecule has 172 valence electrons. The van der Waals surface area contributed by atoms with E-state index >= 15 is 0 Å². The molecule has 0 spiro atoms. The van der Waals surface area contributed by atoms with Gasteiger partial charge in [0.2, 0.25) is 5.95 Å². The Labute approximate surface area is 192 Å². The van der Waals surface area contributed by atoms with Crippen LogP contribution in [0.25, 0.3) is 10.9 Å². The average molecular weight is 436 g/mol. The zero-order chi connectivity index (χ0) is 22.4. The summed E-state index contributed by atoms with van der Waals surface area (Å²) >= 11 is 0. The minimum Gasteiger partial charge on any atom is -0.497 e. The molecular formula is C27H37N3O2. The number of aryl methyl sites for hydroxylation is 1. The molecule has 0 radical (unpaired) electrons. The summed E-state index contributed by atoms with van der Waals surface area (Å²) in [4.78, 5) is 8.79. The van der Waals surface area contributed by atoms with Crippen LogP contribution in [0.3, 0.4) is 0 Å². The van der Waals surface area contributed by atoms with Gasteiger partial charge in [0.25, 0.3) is 0 Å². The van der Waals surface area contributed by atoms with Crippen molar-refractivity contribution in [1.82, 2.24) is 9.97 Å². The second-order valence-electron chi connectivity index (χ2n) is 8.36. The second-order valence-corrected chi connectivity index (χ2v) is 8.36. The molecule has 0 saturated carbocycles. The molecule has 0 unspecified atom stereocenters. The number of nitrogen functional groups attached to an aromatic ring is 1. The van der Waals surface area contributed by atoms with Gasteiger partial charge in [-0.1, -0.05) is 69.6 Å². The first-order valence-electron chi connectivity index (χ1n) is 12.0. The van der Waals surface area contributed by atoms with Crippen molar-refractivity contribution >= 4 is 16.9 Å². The Kier molecular flexibility index (Phi) is 10.1. The SMILES string of the molecule is COc1ccc(OCCCCCCCCCCCCc2nc(N)nc3ccccc23)cc1. The van der Waals surface area contributed by atoms with Gasteiger partial charge >= 0.3 is 0 Å². The Hall–Kier alpha value is -2.82. The number of para-hydroxylation sites is 1. The topological polar surface area (TPSA) is 70.3 Å². The Balaban J connectivity index is 1.15. The van der Waals surface area contributed by atoms with Crippen molar-refractivity contribution in [3.63, 3.8) is 0 Å². The smallest absolute Gasteiger partial charge is 0.220 e. The van der Waals surface area contributed by atoms with Gasteiger partial charge in [-0.15, -0.1) is 0 Å². The maximum atomic E-state index is 5.86. The third kappa shape index (κ3) is 8.03. The Morgan fingerprint density at radius 3 is 1.97 bits per heavy atom. The molecule has 5 heteroatoms. The fourth-order valence-electron chi connectivity index (χ4n) is 4.02. The van der Waals surface area contributed by atoms with Gasteiger partial charge in [0, 0.05) is 5.39 Å². The normalized spacial score (nSPS) is 11.0. The number of unbranched alkanes of at least 4 members (excludes halogenated alkanes) is 9. The summed E-state index contributed by atoms with van der Waals surface area (Å²) in [7, 11) is 1.68. The van der Waals surface area contributed by atoms with Crippen molar-refractivity contribution in [2.75, 3.05) is 19.5 Å². The largest absolute Gasteiger partial charge is 0.497 e. The van der Waals surface area contributed by atoms with Gasteiger partial charge in [-0.05, 0) is 49.6 Å². The number of rotatable bonds is 15. The molecule has 3 rings (SSSR count). The summed E-state index contributed by atoms with van der Waals surface area (Å²) < 4.78 is 10.9. The molecule has 2 aromatic carbocycles. The number of fused-ring (bicyclic) bond motifs is 1. The summed E-state index contributed by atoms with van der Waals surface area (Å²) in [5, 5.41) is 1.14. The van der Waals surface area contributed by atoms with Crippen LogP contribution in [0.4, 0.5) is 5.95 Å². The lowest BCUT2D eigenvalue weighted by Crippen LogP contribution is -2.01. The second kappa shape index (κ2) is 13.6. The van der Waals surface area contributed by atoms with Crippen molar-refractivity contribution in [2.24, 2.45) is 0 Å². The molecule has 1 aromatic heterocycles. The van der Waals surface area contributed by atoms with Gasteiger partial charge in [-0.2, -0.15) is 0 Å². The maximum absolute atomic E-state index is 5.86. The van der Waals surface area contributed by atoms with E-state index in [4.69, 9.17) is 15.2 Å². The van der Waals surface area contributed by atoms with Gasteiger partial charge in [0.05, 0.1) is 24.9 Å². The van der Waals surface area contributed by atoms with E-state index in [1.54, 1.807) is 7.11 Å². The maximum Gasteiger partial charge on any atom is 0.220 e. The van der Waals surface area contributed by atoms with Crippen LogP contribution in [0.2, 0.25) is 0 Å². The van der Waals surface area contributed by atoms with E-state index in [1.807, 2.05) is 42.5 Å². The molecule has 0 fully saturated rings. The van der Waals surface area contributed by atoms with E-state index in [0.29, 0.717) is 5.95 Å².